The Labute approximate surface area is 128 Å². The molecule has 0 heterocycles. The molecule has 120 valence electrons. The lowest BCUT2D eigenvalue weighted by molar-refractivity contribution is 0.116. The van der Waals surface area contributed by atoms with Crippen molar-refractivity contribution in [1.29, 1.82) is 0 Å². The quantitative estimate of drug-likeness (QED) is 0.643. The van der Waals surface area contributed by atoms with Gasteiger partial charge in [-0.1, -0.05) is 23.7 Å². The highest BCUT2D eigenvalue weighted by molar-refractivity contribution is 7.55. The van der Waals surface area contributed by atoms with Crippen molar-refractivity contribution in [1.82, 2.24) is 0 Å². The molecule has 0 saturated heterocycles. The topological polar surface area (TPSA) is 80.3 Å². The molecule has 0 radical (unpaired) electrons. The number of rotatable bonds is 8. The molecule has 0 saturated carbocycles. The van der Waals surface area contributed by atoms with Crippen molar-refractivity contribution in [2.24, 2.45) is 0 Å². The summed E-state index contributed by atoms with van der Waals surface area (Å²) in [4.78, 5) is 0. The number of phosphoric ester groups is 1. The Morgan fingerprint density at radius 1 is 0.905 bits per heavy atom. The van der Waals surface area contributed by atoms with Crippen molar-refractivity contribution in [3.05, 3.63) is 34.9 Å². The first-order valence-corrected chi connectivity index (χ1v) is 9.15. The summed E-state index contributed by atoms with van der Waals surface area (Å²) >= 11 is 5.81. The molecule has 0 aromatic heterocycles. The van der Waals surface area contributed by atoms with Gasteiger partial charge in [0.25, 0.3) is 0 Å². The fourth-order valence-corrected chi connectivity index (χ4v) is 4.17. The molecular weight excluding hydrogens is 342 g/mol. The molecule has 1 aromatic carbocycles. The van der Waals surface area contributed by atoms with Gasteiger partial charge in [-0.3, -0.25) is 18.1 Å². The molecular formula is C11H17ClO7P2. The lowest BCUT2D eigenvalue weighted by Gasteiger charge is -2.26. The van der Waals surface area contributed by atoms with Crippen LogP contribution in [0.25, 0.3) is 0 Å². The van der Waals surface area contributed by atoms with Gasteiger partial charge in [-0.05, 0) is 17.7 Å². The van der Waals surface area contributed by atoms with Crippen LogP contribution in [-0.2, 0) is 31.7 Å². The van der Waals surface area contributed by atoms with E-state index >= 15 is 0 Å². The van der Waals surface area contributed by atoms with Crippen LogP contribution in [0.1, 0.15) is 11.4 Å². The van der Waals surface area contributed by atoms with Gasteiger partial charge in [0.2, 0.25) is 0 Å². The van der Waals surface area contributed by atoms with Gasteiger partial charge in [0, 0.05) is 33.5 Å². The van der Waals surface area contributed by atoms with Gasteiger partial charge in [-0.15, -0.1) is 0 Å². The maximum Gasteiger partial charge on any atom is 0.475 e. The van der Waals surface area contributed by atoms with Crippen LogP contribution in [0.2, 0.25) is 5.02 Å². The van der Waals surface area contributed by atoms with E-state index in [1.54, 1.807) is 24.3 Å². The molecule has 1 aromatic rings. The SMILES string of the molecule is COP(=O)(OC)O[C@H](c1ccc(Cl)cc1)P(=O)(OC)OC. The summed E-state index contributed by atoms with van der Waals surface area (Å²) in [5.74, 6) is -1.30. The zero-order valence-electron chi connectivity index (χ0n) is 12.0. The summed E-state index contributed by atoms with van der Waals surface area (Å²) in [5.41, 5.74) is 0.390. The molecule has 0 bridgehead atoms. The van der Waals surface area contributed by atoms with Crippen molar-refractivity contribution in [2.45, 2.75) is 5.85 Å². The Kier molecular flexibility index (Phi) is 7.04. The maximum absolute atomic E-state index is 12.6. The number of phosphoric acid groups is 1. The second kappa shape index (κ2) is 7.86. The number of halogens is 1. The molecule has 1 atom stereocenters. The van der Waals surface area contributed by atoms with E-state index in [0.717, 1.165) is 14.2 Å². The van der Waals surface area contributed by atoms with Gasteiger partial charge < -0.3 is 9.05 Å². The fraction of sp³-hybridized carbons (Fsp3) is 0.455. The molecule has 0 fully saturated rings. The predicted octanol–water partition coefficient (Wildman–Crippen LogP) is 4.24. The van der Waals surface area contributed by atoms with E-state index in [1.165, 1.54) is 14.2 Å². The van der Waals surface area contributed by atoms with Crippen LogP contribution in [0.4, 0.5) is 0 Å². The third-order valence-corrected chi connectivity index (χ3v) is 6.41. The molecule has 0 aliphatic heterocycles. The van der Waals surface area contributed by atoms with Gasteiger partial charge >= 0.3 is 15.4 Å². The number of hydrogen-bond acceptors (Lipinski definition) is 7. The summed E-state index contributed by atoms with van der Waals surface area (Å²) in [7, 11) is -2.97. The first kappa shape index (κ1) is 18.8. The minimum Gasteiger partial charge on any atom is -0.310 e. The Morgan fingerprint density at radius 3 is 1.76 bits per heavy atom. The minimum atomic E-state index is -3.90. The van der Waals surface area contributed by atoms with Crippen LogP contribution >= 0.6 is 27.0 Å². The van der Waals surface area contributed by atoms with Crippen molar-refractivity contribution in [3.63, 3.8) is 0 Å². The average Bonchev–Trinajstić information content (AvgIpc) is 2.52. The Morgan fingerprint density at radius 2 is 1.38 bits per heavy atom. The molecule has 0 spiro atoms. The summed E-state index contributed by atoms with van der Waals surface area (Å²) in [6.07, 6.45) is 0. The second-order valence-corrected chi connectivity index (χ2v) is 8.28. The highest BCUT2D eigenvalue weighted by atomic mass is 35.5. The van der Waals surface area contributed by atoms with E-state index < -0.39 is 21.3 Å². The summed E-state index contributed by atoms with van der Waals surface area (Å²) < 4.78 is 49.3. The van der Waals surface area contributed by atoms with E-state index in [0.29, 0.717) is 10.6 Å². The number of benzene rings is 1. The van der Waals surface area contributed by atoms with Crippen LogP contribution < -0.4 is 0 Å². The lowest BCUT2D eigenvalue weighted by Crippen LogP contribution is -2.08. The first-order chi connectivity index (χ1) is 9.84. The third-order valence-electron chi connectivity index (χ3n) is 2.63. The van der Waals surface area contributed by atoms with Gasteiger partial charge in [0.15, 0.2) is 5.85 Å². The van der Waals surface area contributed by atoms with Crippen molar-refractivity contribution >= 4 is 27.0 Å². The van der Waals surface area contributed by atoms with Crippen LogP contribution in [0.15, 0.2) is 24.3 Å². The van der Waals surface area contributed by atoms with Gasteiger partial charge in [-0.25, -0.2) is 4.57 Å². The normalized spacial score (nSPS) is 14.1. The highest BCUT2D eigenvalue weighted by Crippen LogP contribution is 2.66. The van der Waals surface area contributed by atoms with Crippen molar-refractivity contribution < 1.29 is 31.7 Å². The van der Waals surface area contributed by atoms with E-state index in [-0.39, 0.29) is 0 Å². The molecule has 0 aliphatic carbocycles. The molecule has 21 heavy (non-hydrogen) atoms. The van der Waals surface area contributed by atoms with Crippen LogP contribution in [0.5, 0.6) is 0 Å². The molecule has 0 aliphatic rings. The third kappa shape index (κ3) is 4.62. The van der Waals surface area contributed by atoms with E-state index in [2.05, 4.69) is 0 Å². The Hall–Kier alpha value is -0.230. The smallest absolute Gasteiger partial charge is 0.310 e. The van der Waals surface area contributed by atoms with Gasteiger partial charge in [0.1, 0.15) is 0 Å². The zero-order chi connectivity index (χ0) is 16.1. The highest BCUT2D eigenvalue weighted by Gasteiger charge is 2.42. The summed E-state index contributed by atoms with van der Waals surface area (Å²) in [6, 6.07) is 6.22. The van der Waals surface area contributed by atoms with Crippen LogP contribution in [0, 0.1) is 0 Å². The van der Waals surface area contributed by atoms with E-state index in [4.69, 9.17) is 34.2 Å². The molecule has 1 rings (SSSR count). The first-order valence-electron chi connectivity index (χ1n) is 5.70. The molecule has 0 N–H and O–H groups in total. The van der Waals surface area contributed by atoms with Crippen molar-refractivity contribution in [3.8, 4) is 0 Å². The zero-order valence-corrected chi connectivity index (χ0v) is 14.6. The molecule has 10 heteroatoms. The Balaban J connectivity index is 3.27. The van der Waals surface area contributed by atoms with Crippen molar-refractivity contribution in [2.75, 3.05) is 28.4 Å². The average molecular weight is 359 g/mol. The van der Waals surface area contributed by atoms with E-state index in [1.807, 2.05) is 0 Å². The van der Waals surface area contributed by atoms with E-state index in [9.17, 15) is 9.13 Å². The van der Waals surface area contributed by atoms with Crippen LogP contribution in [-0.4, -0.2) is 28.4 Å². The molecule has 0 amide bonds. The predicted molar refractivity (Wildman–Crippen MR) is 78.5 cm³/mol. The largest absolute Gasteiger partial charge is 0.475 e. The summed E-state index contributed by atoms with van der Waals surface area (Å²) in [6.45, 7) is 0. The lowest BCUT2D eigenvalue weighted by atomic mass is 10.2. The minimum absolute atomic E-state index is 0.390. The second-order valence-electron chi connectivity index (χ2n) is 3.73. The summed E-state index contributed by atoms with van der Waals surface area (Å²) in [5, 5.41) is 0.476. The van der Waals surface area contributed by atoms with Crippen LogP contribution in [0.3, 0.4) is 0 Å². The Bertz CT molecular complexity index is 532. The fourth-order valence-electron chi connectivity index (χ4n) is 1.48. The standard InChI is InChI=1S/C11H17ClO7P2/c1-15-20(13,16-2)11(19-21(14,17-3)18-4)9-5-7-10(12)8-6-9/h5-8,11H,1-4H3/t11-/m0/s1. The maximum atomic E-state index is 12.6. The molecule has 0 unspecified atom stereocenters. The molecule has 7 nitrogen and oxygen atoms in total. The van der Waals surface area contributed by atoms with Gasteiger partial charge in [-0.2, -0.15) is 0 Å². The monoisotopic (exact) mass is 358 g/mol. The number of hydrogen-bond donors (Lipinski definition) is 0. The van der Waals surface area contributed by atoms with Gasteiger partial charge in [0.05, 0.1) is 0 Å².